The maximum absolute atomic E-state index is 14.4. The average molecular weight is 699 g/mol. The molecule has 0 bridgehead atoms. The van der Waals surface area contributed by atoms with Gasteiger partial charge in [-0.2, -0.15) is 0 Å². The number of nitrogens with one attached hydrogen (secondary N) is 2. The molecule has 0 fully saturated rings. The van der Waals surface area contributed by atoms with Crippen molar-refractivity contribution >= 4 is 34.9 Å². The molecule has 3 aromatic rings. The molecule has 0 saturated heterocycles. The Balaban J connectivity index is 1.40. The lowest BCUT2D eigenvalue weighted by Crippen LogP contribution is -2.45. The number of hydrogen-bond donors (Lipinski definition) is 2. The highest BCUT2D eigenvalue weighted by Crippen LogP contribution is 2.50. The van der Waals surface area contributed by atoms with E-state index in [9.17, 15) is 32.8 Å². The SMILES string of the molecule is CC(C)[C@H](NC(=O)c1ccc(F)cc1F)C(=O)C[C@@H](CC(C)(C)C)C(=O)CC1=C[C@]2(C[C@H]1C(=O)COc1ccccc1)C(=O)Nc1ccccc12. The van der Waals surface area contributed by atoms with Crippen LogP contribution in [0.15, 0.2) is 84.4 Å². The molecule has 2 N–H and O–H groups in total. The summed E-state index contributed by atoms with van der Waals surface area (Å²) in [5, 5.41) is 5.52. The van der Waals surface area contributed by atoms with E-state index in [1.54, 1.807) is 50.3 Å². The first-order chi connectivity index (χ1) is 24.1. The molecule has 0 radical (unpaired) electrons. The van der Waals surface area contributed by atoms with Crippen LogP contribution in [0.4, 0.5) is 14.5 Å². The highest BCUT2D eigenvalue weighted by molar-refractivity contribution is 6.09. The van der Waals surface area contributed by atoms with Crippen molar-refractivity contribution < 1.29 is 37.5 Å². The number of anilines is 1. The van der Waals surface area contributed by atoms with Crippen molar-refractivity contribution in [2.24, 2.45) is 23.2 Å². The first-order valence-electron chi connectivity index (χ1n) is 17.2. The molecule has 1 aliphatic heterocycles. The summed E-state index contributed by atoms with van der Waals surface area (Å²) in [6.45, 7) is 9.06. The predicted molar refractivity (Wildman–Crippen MR) is 189 cm³/mol. The molecule has 3 aromatic carbocycles. The van der Waals surface area contributed by atoms with Crippen LogP contribution in [-0.2, 0) is 24.6 Å². The zero-order chi connectivity index (χ0) is 37.1. The van der Waals surface area contributed by atoms with Crippen LogP contribution in [0, 0.1) is 34.8 Å². The lowest BCUT2D eigenvalue weighted by atomic mass is 9.77. The molecule has 1 aliphatic carbocycles. The van der Waals surface area contributed by atoms with Gasteiger partial charge in [-0.1, -0.05) is 82.7 Å². The summed E-state index contributed by atoms with van der Waals surface area (Å²) in [5.74, 6) is -5.43. The number of carbonyl (C=O) groups is 5. The van der Waals surface area contributed by atoms with Gasteiger partial charge in [-0.05, 0) is 60.1 Å². The Morgan fingerprint density at radius 1 is 0.961 bits per heavy atom. The second-order valence-corrected chi connectivity index (χ2v) is 15.1. The highest BCUT2D eigenvalue weighted by atomic mass is 19.1. The molecule has 5 rings (SSSR count). The fourth-order valence-corrected chi connectivity index (χ4v) is 7.14. The van der Waals surface area contributed by atoms with Gasteiger partial charge in [0.15, 0.2) is 11.6 Å². The van der Waals surface area contributed by atoms with Gasteiger partial charge >= 0.3 is 0 Å². The number of carbonyl (C=O) groups excluding carboxylic acids is 5. The van der Waals surface area contributed by atoms with E-state index >= 15 is 0 Å². The maximum atomic E-state index is 14.4. The molecule has 2 aliphatic rings. The Morgan fingerprint density at radius 2 is 1.65 bits per heavy atom. The lowest BCUT2D eigenvalue weighted by molar-refractivity contribution is -0.130. The number of hydrogen-bond acceptors (Lipinski definition) is 6. The summed E-state index contributed by atoms with van der Waals surface area (Å²) in [5.41, 5.74) is -0.0329. The van der Waals surface area contributed by atoms with Gasteiger partial charge in [0, 0.05) is 36.4 Å². The van der Waals surface area contributed by atoms with E-state index in [4.69, 9.17) is 4.74 Å². The minimum atomic E-state index is -1.14. The predicted octanol–water partition coefficient (Wildman–Crippen LogP) is 7.17. The van der Waals surface area contributed by atoms with Crippen molar-refractivity contribution in [1.82, 2.24) is 5.32 Å². The van der Waals surface area contributed by atoms with Crippen LogP contribution in [0.25, 0.3) is 0 Å². The van der Waals surface area contributed by atoms with Crippen LogP contribution < -0.4 is 15.4 Å². The molecule has 51 heavy (non-hydrogen) atoms. The number of para-hydroxylation sites is 2. The number of ketones is 3. The Labute approximate surface area is 297 Å². The fraction of sp³-hybridized carbons (Fsp3) is 0.390. The third kappa shape index (κ3) is 8.49. The Morgan fingerprint density at radius 3 is 2.31 bits per heavy atom. The molecular weight excluding hydrogens is 654 g/mol. The topological polar surface area (TPSA) is 119 Å². The van der Waals surface area contributed by atoms with Crippen molar-refractivity contribution in [3.8, 4) is 5.75 Å². The third-order valence-corrected chi connectivity index (χ3v) is 9.60. The number of rotatable bonds is 14. The monoisotopic (exact) mass is 698 g/mol. The molecular formula is C41H44F2N2O6. The van der Waals surface area contributed by atoms with E-state index in [-0.39, 0.29) is 48.8 Å². The van der Waals surface area contributed by atoms with Crippen molar-refractivity contribution in [2.45, 2.75) is 71.8 Å². The van der Waals surface area contributed by atoms with Crippen molar-refractivity contribution in [3.63, 3.8) is 0 Å². The second-order valence-electron chi connectivity index (χ2n) is 15.1. The van der Waals surface area contributed by atoms with E-state index < -0.39 is 58.1 Å². The quantitative estimate of drug-likeness (QED) is 0.172. The van der Waals surface area contributed by atoms with Crippen molar-refractivity contribution in [2.75, 3.05) is 11.9 Å². The fourth-order valence-electron chi connectivity index (χ4n) is 7.14. The molecule has 4 atom stereocenters. The third-order valence-electron chi connectivity index (χ3n) is 9.60. The molecule has 1 heterocycles. The summed E-state index contributed by atoms with van der Waals surface area (Å²) in [6, 6.07) is 17.7. The minimum absolute atomic E-state index is 0.139. The van der Waals surface area contributed by atoms with Gasteiger partial charge < -0.3 is 15.4 Å². The normalized spacial score (nSPS) is 19.3. The maximum Gasteiger partial charge on any atom is 0.254 e. The van der Waals surface area contributed by atoms with E-state index in [2.05, 4.69) is 10.6 Å². The molecule has 0 saturated carbocycles. The smallest absolute Gasteiger partial charge is 0.254 e. The zero-order valence-corrected chi connectivity index (χ0v) is 29.6. The van der Waals surface area contributed by atoms with Crippen molar-refractivity contribution in [3.05, 3.63) is 107 Å². The molecule has 0 aromatic heterocycles. The number of halogens is 2. The number of allylic oxidation sites excluding steroid dienone is 1. The van der Waals surface area contributed by atoms with Gasteiger partial charge in [-0.25, -0.2) is 8.78 Å². The highest BCUT2D eigenvalue weighted by Gasteiger charge is 2.52. The summed E-state index contributed by atoms with van der Waals surface area (Å²) >= 11 is 0. The van der Waals surface area contributed by atoms with Gasteiger partial charge in [0.05, 0.1) is 17.0 Å². The molecule has 2 amide bonds. The molecule has 268 valence electrons. The standard InChI is InChI=1S/C41H44F2N2O6/c1-24(2)37(45-38(49)29-16-15-27(42)19-32(29)43)35(47)18-26(20-40(3,4)5)34(46)17-25-21-41(31-13-9-10-14-33(31)44-39(41)50)22-30(25)36(48)23-51-28-11-7-6-8-12-28/h6-16,19,21,24,26,30,37H,17-18,20,22-23H2,1-5H3,(H,44,50)(H,45,49)/t26-,30+,37-,41+/m0/s1. The first-order valence-corrected chi connectivity index (χ1v) is 17.2. The van der Waals surface area contributed by atoms with Gasteiger partial charge in [-0.15, -0.1) is 0 Å². The minimum Gasteiger partial charge on any atom is -0.486 e. The number of benzene rings is 3. The second kappa shape index (κ2) is 15.1. The number of fused-ring (bicyclic) bond motifs is 2. The Kier molecular flexibility index (Phi) is 11.0. The van der Waals surface area contributed by atoms with E-state index in [0.29, 0.717) is 29.5 Å². The van der Waals surface area contributed by atoms with Crippen LogP contribution in [0.5, 0.6) is 5.75 Å². The Hall–Kier alpha value is -4.99. The number of ether oxygens (including phenoxy) is 1. The zero-order valence-electron chi connectivity index (χ0n) is 29.6. The van der Waals surface area contributed by atoms with E-state index in [1.165, 1.54) is 0 Å². The van der Waals surface area contributed by atoms with Crippen LogP contribution >= 0.6 is 0 Å². The molecule has 1 spiro atoms. The van der Waals surface area contributed by atoms with E-state index in [1.807, 2.05) is 45.0 Å². The largest absolute Gasteiger partial charge is 0.486 e. The first kappa shape index (κ1) is 37.3. The number of amides is 2. The Bertz CT molecular complexity index is 1870. The van der Waals surface area contributed by atoms with Gasteiger partial charge in [0.1, 0.15) is 29.8 Å². The van der Waals surface area contributed by atoms with Crippen LogP contribution in [0.1, 0.15) is 76.2 Å². The van der Waals surface area contributed by atoms with E-state index in [0.717, 1.165) is 17.7 Å². The summed E-state index contributed by atoms with van der Waals surface area (Å²) in [4.78, 5) is 68.5. The number of Topliss-reactive ketones (excluding diaryl/α,β-unsaturated/α-hetero) is 3. The lowest BCUT2D eigenvalue weighted by Gasteiger charge is -2.28. The van der Waals surface area contributed by atoms with Crippen LogP contribution in [0.2, 0.25) is 0 Å². The summed E-state index contributed by atoms with van der Waals surface area (Å²) in [6.07, 6.45) is 1.86. The van der Waals surface area contributed by atoms with Gasteiger partial charge in [0.25, 0.3) is 5.91 Å². The van der Waals surface area contributed by atoms with Gasteiger partial charge in [-0.3, -0.25) is 24.0 Å². The molecule has 0 unspecified atom stereocenters. The average Bonchev–Trinajstić information content (AvgIpc) is 3.58. The van der Waals surface area contributed by atoms with Crippen molar-refractivity contribution in [1.29, 1.82) is 0 Å². The van der Waals surface area contributed by atoms with Gasteiger partial charge in [0.2, 0.25) is 5.91 Å². The summed E-state index contributed by atoms with van der Waals surface area (Å²) < 4.78 is 33.7. The molecule has 10 heteroatoms. The van der Waals surface area contributed by atoms with Crippen LogP contribution in [0.3, 0.4) is 0 Å². The summed E-state index contributed by atoms with van der Waals surface area (Å²) in [7, 11) is 0. The van der Waals surface area contributed by atoms with Crippen LogP contribution in [-0.4, -0.2) is 41.8 Å². The molecule has 8 nitrogen and oxygen atoms in total.